The number of nitrogens with zero attached hydrogens (tertiary/aromatic N) is 1. The van der Waals surface area contributed by atoms with Crippen molar-refractivity contribution in [1.29, 1.82) is 0 Å². The Morgan fingerprint density at radius 3 is 2.45 bits per heavy atom. The van der Waals surface area contributed by atoms with Crippen molar-refractivity contribution in [3.63, 3.8) is 0 Å². The minimum absolute atomic E-state index is 0.0200. The maximum Gasteiger partial charge on any atom is 0.326 e. The summed E-state index contributed by atoms with van der Waals surface area (Å²) in [4.78, 5) is 82.7. The minimum Gasteiger partial charge on any atom is -0.508 e. The first-order valence-corrected chi connectivity index (χ1v) is 20.0. The second kappa shape index (κ2) is 22.9. The van der Waals surface area contributed by atoms with Gasteiger partial charge in [-0.2, -0.15) is 0 Å². The van der Waals surface area contributed by atoms with E-state index in [-0.39, 0.29) is 31.1 Å². The number of aromatic hydroxyl groups is 1. The molecular weight excluding hydrogens is 720 g/mol. The first-order valence-electron chi connectivity index (χ1n) is 20.0. The van der Waals surface area contributed by atoms with E-state index in [2.05, 4.69) is 26.6 Å². The molecule has 0 aliphatic carbocycles. The van der Waals surface area contributed by atoms with Gasteiger partial charge in [-0.1, -0.05) is 58.4 Å². The molecule has 3 rings (SSSR count). The molecule has 2 bridgehead atoms. The summed E-state index contributed by atoms with van der Waals surface area (Å²) in [6.07, 6.45) is 7.43. The van der Waals surface area contributed by atoms with E-state index in [9.17, 15) is 39.0 Å². The van der Waals surface area contributed by atoms with Crippen molar-refractivity contribution in [2.75, 3.05) is 26.2 Å². The summed E-state index contributed by atoms with van der Waals surface area (Å²) in [5, 5.41) is 34.7. The molecule has 0 radical (unpaired) electrons. The zero-order chi connectivity index (χ0) is 41.4. The lowest BCUT2D eigenvalue weighted by Crippen LogP contribution is -2.60. The largest absolute Gasteiger partial charge is 0.508 e. The van der Waals surface area contributed by atoms with Crippen LogP contribution in [0.4, 0.5) is 0 Å². The van der Waals surface area contributed by atoms with Crippen LogP contribution in [0, 0.1) is 11.8 Å². The first-order chi connectivity index (χ1) is 26.7. The fraction of sp³-hybridized carbons (Fsp3) is 0.650. The molecule has 56 heavy (non-hydrogen) atoms. The lowest BCUT2D eigenvalue weighted by atomic mass is 9.95. The molecule has 0 unspecified atom stereocenters. The van der Waals surface area contributed by atoms with E-state index < -0.39 is 77.7 Å². The highest BCUT2D eigenvalue weighted by Gasteiger charge is 2.40. The lowest BCUT2D eigenvalue weighted by molar-refractivity contribution is -0.143. The molecule has 1 aromatic rings. The van der Waals surface area contributed by atoms with Crippen LogP contribution >= 0.6 is 0 Å². The van der Waals surface area contributed by atoms with Gasteiger partial charge in [0.2, 0.25) is 29.5 Å². The van der Waals surface area contributed by atoms with Gasteiger partial charge in [-0.3, -0.25) is 24.0 Å². The molecule has 16 nitrogen and oxygen atoms in total. The Labute approximate surface area is 330 Å². The molecule has 1 fully saturated rings. The number of unbranched alkanes of at least 4 members (excludes halogenated alkanes) is 1. The number of nitrogens with one attached hydrogen (secondary N) is 5. The van der Waals surface area contributed by atoms with E-state index in [1.807, 2.05) is 32.9 Å². The monoisotopic (exact) mass is 784 g/mol. The Morgan fingerprint density at radius 2 is 1.77 bits per heavy atom. The minimum atomic E-state index is -1.23. The number of fused-ring (bicyclic) bond motifs is 3. The number of allylic oxidation sites excluding steroid dienone is 1. The van der Waals surface area contributed by atoms with E-state index in [0.717, 1.165) is 0 Å². The maximum absolute atomic E-state index is 14.2. The summed E-state index contributed by atoms with van der Waals surface area (Å²) in [7, 11) is 0. The van der Waals surface area contributed by atoms with Crippen molar-refractivity contribution in [2.45, 2.75) is 128 Å². The van der Waals surface area contributed by atoms with Crippen LogP contribution in [-0.2, 0) is 41.6 Å². The molecule has 7 atom stereocenters. The predicted octanol–water partition coefficient (Wildman–Crippen LogP) is 0.590. The van der Waals surface area contributed by atoms with Crippen molar-refractivity contribution in [3.8, 4) is 5.75 Å². The average molecular weight is 785 g/mol. The summed E-state index contributed by atoms with van der Waals surface area (Å²) in [6.45, 7) is 8.90. The molecular formula is C40H64N8O8. The number of hydrogen-bond donors (Lipinski definition) is 9. The van der Waals surface area contributed by atoms with Crippen LogP contribution in [0.3, 0.4) is 0 Å². The highest BCUT2D eigenvalue weighted by Crippen LogP contribution is 2.23. The Bertz CT molecular complexity index is 1540. The van der Waals surface area contributed by atoms with Crippen LogP contribution < -0.4 is 38.1 Å². The average Bonchev–Trinajstić information content (AvgIpc) is 3.65. The van der Waals surface area contributed by atoms with Crippen molar-refractivity contribution in [2.24, 2.45) is 23.3 Å². The van der Waals surface area contributed by atoms with E-state index in [4.69, 9.17) is 11.5 Å². The number of carbonyl (C=O) groups excluding carboxylic acids is 5. The SMILES string of the molecule is CC[C@H](C)[C@H](NC(=O)[C@H]1Cc2ccc(O)c(c2)CC=CCNCC[C@H](N)C(=O)N[C@@H](CCCCN)C(=O)N2CCC[C@H]2C(=O)N1)C(=O)N[C@@H](CC(C)C)C(=O)O. The zero-order valence-corrected chi connectivity index (χ0v) is 33.4. The quantitative estimate of drug-likeness (QED) is 0.0988. The van der Waals surface area contributed by atoms with E-state index in [1.54, 1.807) is 19.1 Å². The van der Waals surface area contributed by atoms with Crippen molar-refractivity contribution < 1.29 is 39.0 Å². The van der Waals surface area contributed by atoms with Gasteiger partial charge in [0.15, 0.2) is 0 Å². The Hall–Kier alpha value is -4.54. The summed E-state index contributed by atoms with van der Waals surface area (Å²) >= 11 is 0. The number of hydrogen-bond acceptors (Lipinski definition) is 10. The molecule has 1 aromatic carbocycles. The topological polar surface area (TPSA) is 258 Å². The van der Waals surface area contributed by atoms with Crippen LogP contribution in [0.5, 0.6) is 5.75 Å². The van der Waals surface area contributed by atoms with E-state index in [1.165, 1.54) is 11.0 Å². The third kappa shape index (κ3) is 13.9. The van der Waals surface area contributed by atoms with Gasteiger partial charge in [0.25, 0.3) is 0 Å². The zero-order valence-electron chi connectivity index (χ0n) is 33.4. The molecule has 16 heteroatoms. The van der Waals surface area contributed by atoms with Crippen molar-refractivity contribution in [3.05, 3.63) is 41.5 Å². The number of carbonyl (C=O) groups is 6. The maximum atomic E-state index is 14.2. The predicted molar refractivity (Wildman–Crippen MR) is 212 cm³/mol. The van der Waals surface area contributed by atoms with Gasteiger partial charge in [-0.25, -0.2) is 4.79 Å². The first kappa shape index (κ1) is 45.8. The number of carboxylic acid groups (broad SMARTS) is 1. The fourth-order valence-electron chi connectivity index (χ4n) is 6.95. The highest BCUT2D eigenvalue weighted by molar-refractivity contribution is 5.96. The number of amides is 5. The molecule has 2 aliphatic rings. The van der Waals surface area contributed by atoms with Crippen LogP contribution in [-0.4, -0.2) is 113 Å². The second-order valence-electron chi connectivity index (χ2n) is 15.4. The molecule has 5 amide bonds. The van der Waals surface area contributed by atoms with Gasteiger partial charge >= 0.3 is 5.97 Å². The number of rotatable bonds is 13. The molecule has 0 aromatic heterocycles. The fourth-order valence-corrected chi connectivity index (χ4v) is 6.95. The van der Waals surface area contributed by atoms with Gasteiger partial charge in [0, 0.05) is 19.5 Å². The van der Waals surface area contributed by atoms with Gasteiger partial charge in [-0.05, 0) is 93.5 Å². The smallest absolute Gasteiger partial charge is 0.326 e. The molecule has 1 saturated heterocycles. The van der Waals surface area contributed by atoms with E-state index in [0.29, 0.717) is 82.1 Å². The normalized spacial score (nSPS) is 23.2. The van der Waals surface area contributed by atoms with Gasteiger partial charge in [0.05, 0.1) is 6.04 Å². The molecule has 0 saturated carbocycles. The van der Waals surface area contributed by atoms with Crippen molar-refractivity contribution in [1.82, 2.24) is 31.5 Å². The number of nitrogens with two attached hydrogens (primary N) is 2. The number of phenolic OH excluding ortho intramolecular Hbond substituents is 1. The Kier molecular flexibility index (Phi) is 18.7. The third-order valence-electron chi connectivity index (χ3n) is 10.5. The van der Waals surface area contributed by atoms with E-state index >= 15 is 0 Å². The van der Waals surface area contributed by atoms with Crippen LogP contribution in [0.2, 0.25) is 0 Å². The third-order valence-corrected chi connectivity index (χ3v) is 10.5. The van der Waals surface area contributed by atoms with Gasteiger partial charge < -0.3 is 53.2 Å². The summed E-state index contributed by atoms with van der Waals surface area (Å²) < 4.78 is 0. The number of carboxylic acids is 1. The lowest BCUT2D eigenvalue weighted by Gasteiger charge is -2.31. The molecule has 11 N–H and O–H groups in total. The number of aliphatic carboxylic acids is 1. The molecule has 2 heterocycles. The summed E-state index contributed by atoms with van der Waals surface area (Å²) in [5.74, 6) is -4.37. The van der Waals surface area contributed by atoms with Crippen LogP contribution in [0.15, 0.2) is 30.4 Å². The summed E-state index contributed by atoms with van der Waals surface area (Å²) in [5.41, 5.74) is 13.1. The molecule has 2 aliphatic heterocycles. The number of benzene rings is 1. The van der Waals surface area contributed by atoms with Crippen LogP contribution in [0.1, 0.15) is 90.2 Å². The second-order valence-corrected chi connectivity index (χ2v) is 15.4. The molecule has 312 valence electrons. The van der Waals surface area contributed by atoms with Crippen LogP contribution in [0.25, 0.3) is 0 Å². The Morgan fingerprint density at radius 1 is 1.02 bits per heavy atom. The van der Waals surface area contributed by atoms with Gasteiger partial charge in [0.1, 0.15) is 36.0 Å². The summed E-state index contributed by atoms with van der Waals surface area (Å²) in [6, 6.07) is -1.35. The van der Waals surface area contributed by atoms with Gasteiger partial charge in [-0.15, -0.1) is 0 Å². The standard InChI is InChI=1S/C40H64N8O8/c1-5-25(4)34(38(53)46-31(40(55)56)21-24(2)3)47-36(51)30-23-26-14-15-33(49)27(22-26)11-7-9-18-43-19-16-28(42)35(50)44-29(12-6-8-17-41)39(54)48-20-10-13-32(48)37(52)45-30/h7,9,14-15,22,24-25,28-32,34,43,49H,5-6,8,10-13,16-21,23,41-42H2,1-4H3,(H,44,50)(H,45,52)(H,46,53)(H,47,51)(H,55,56)/t25-,28-,29-,30+,31-,32-,34-/m0/s1. The molecule has 0 spiro atoms. The highest BCUT2D eigenvalue weighted by atomic mass is 16.4. The van der Waals surface area contributed by atoms with Crippen molar-refractivity contribution >= 4 is 35.5 Å². The Balaban J connectivity index is 2.00. The number of phenols is 1.